The van der Waals surface area contributed by atoms with Crippen molar-refractivity contribution in [2.24, 2.45) is 11.8 Å². The quantitative estimate of drug-likeness (QED) is 0.856. The van der Waals surface area contributed by atoms with Crippen molar-refractivity contribution in [1.29, 1.82) is 0 Å². The lowest BCUT2D eigenvalue weighted by Crippen LogP contribution is -2.41. The standard InChI is InChI=1S/C20H33N3O2/c21-18-15-19(24)23(14-12-17-9-5-2-6-10-17)20(25)22(18)13-11-16-7-3-1-4-8-16/h15-17H,1-14,21H2. The van der Waals surface area contributed by atoms with E-state index in [1.54, 1.807) is 4.57 Å². The van der Waals surface area contributed by atoms with Crippen molar-refractivity contribution in [2.75, 3.05) is 5.73 Å². The average molecular weight is 348 g/mol. The number of aromatic nitrogens is 2. The molecule has 0 aromatic carbocycles. The Labute approximate surface area is 150 Å². The minimum absolute atomic E-state index is 0.211. The second kappa shape index (κ2) is 8.72. The maximum absolute atomic E-state index is 12.8. The van der Waals surface area contributed by atoms with Crippen LogP contribution in [0.4, 0.5) is 5.82 Å². The molecule has 5 nitrogen and oxygen atoms in total. The van der Waals surface area contributed by atoms with Crippen molar-refractivity contribution >= 4 is 5.82 Å². The third-order valence-corrected chi connectivity index (χ3v) is 6.28. The van der Waals surface area contributed by atoms with Crippen molar-refractivity contribution in [3.05, 3.63) is 26.9 Å². The molecule has 0 aliphatic heterocycles. The third-order valence-electron chi connectivity index (χ3n) is 6.28. The lowest BCUT2D eigenvalue weighted by atomic mass is 9.87. The Morgan fingerprint density at radius 3 is 1.80 bits per heavy atom. The van der Waals surface area contributed by atoms with E-state index in [1.165, 1.54) is 74.8 Å². The van der Waals surface area contributed by atoms with Gasteiger partial charge < -0.3 is 5.73 Å². The molecule has 1 aromatic rings. The van der Waals surface area contributed by atoms with E-state index < -0.39 is 0 Å². The monoisotopic (exact) mass is 347 g/mol. The fraction of sp³-hybridized carbons (Fsp3) is 0.800. The molecular formula is C20H33N3O2. The molecule has 2 aliphatic rings. The summed E-state index contributed by atoms with van der Waals surface area (Å²) in [5, 5.41) is 0. The smallest absolute Gasteiger partial charge is 0.332 e. The Morgan fingerprint density at radius 1 is 0.800 bits per heavy atom. The van der Waals surface area contributed by atoms with Crippen LogP contribution in [0.15, 0.2) is 15.7 Å². The van der Waals surface area contributed by atoms with E-state index in [0.29, 0.717) is 30.7 Å². The lowest BCUT2D eigenvalue weighted by molar-refractivity contribution is 0.311. The third kappa shape index (κ3) is 4.77. The molecule has 5 heteroatoms. The molecule has 0 unspecified atom stereocenters. The summed E-state index contributed by atoms with van der Waals surface area (Å²) >= 11 is 0. The summed E-state index contributed by atoms with van der Waals surface area (Å²) in [4.78, 5) is 25.1. The minimum atomic E-state index is -0.243. The van der Waals surface area contributed by atoms with Crippen LogP contribution in [0.25, 0.3) is 0 Å². The van der Waals surface area contributed by atoms with Crippen LogP contribution in [0.2, 0.25) is 0 Å². The zero-order valence-corrected chi connectivity index (χ0v) is 15.4. The molecule has 0 bridgehead atoms. The van der Waals surface area contributed by atoms with Gasteiger partial charge in [-0.05, 0) is 24.7 Å². The predicted octanol–water partition coefficient (Wildman–Crippen LogP) is 3.53. The molecule has 2 saturated carbocycles. The molecule has 0 saturated heterocycles. The van der Waals surface area contributed by atoms with E-state index >= 15 is 0 Å². The first-order chi connectivity index (χ1) is 12.1. The van der Waals surface area contributed by atoms with Gasteiger partial charge in [-0.1, -0.05) is 64.2 Å². The summed E-state index contributed by atoms with van der Waals surface area (Å²) in [5.41, 5.74) is 5.54. The Morgan fingerprint density at radius 2 is 1.28 bits per heavy atom. The highest BCUT2D eigenvalue weighted by Crippen LogP contribution is 2.27. The van der Waals surface area contributed by atoms with Crippen LogP contribution in [0.1, 0.15) is 77.0 Å². The Bertz CT molecular complexity index is 664. The lowest BCUT2D eigenvalue weighted by Gasteiger charge is -2.23. The Balaban J connectivity index is 1.67. The Kier molecular flexibility index (Phi) is 6.38. The van der Waals surface area contributed by atoms with Gasteiger partial charge in [0.2, 0.25) is 0 Å². The van der Waals surface area contributed by atoms with Crippen molar-refractivity contribution < 1.29 is 0 Å². The molecule has 1 heterocycles. The summed E-state index contributed by atoms with van der Waals surface area (Å²) in [6, 6.07) is 1.43. The normalized spacial score (nSPS) is 20.0. The number of anilines is 1. The van der Waals surface area contributed by atoms with Gasteiger partial charge in [-0.25, -0.2) is 4.79 Å². The number of hydrogen-bond donors (Lipinski definition) is 1. The predicted molar refractivity (Wildman–Crippen MR) is 102 cm³/mol. The van der Waals surface area contributed by atoms with Crippen LogP contribution in [0, 0.1) is 11.8 Å². The van der Waals surface area contributed by atoms with Crippen molar-refractivity contribution in [3.63, 3.8) is 0 Å². The Hall–Kier alpha value is -1.52. The summed E-state index contributed by atoms with van der Waals surface area (Å²) in [6.45, 7) is 1.17. The molecule has 140 valence electrons. The van der Waals surface area contributed by atoms with Crippen molar-refractivity contribution in [2.45, 2.75) is 90.1 Å². The van der Waals surface area contributed by atoms with Crippen LogP contribution in [0.5, 0.6) is 0 Å². The second-order valence-electron chi connectivity index (χ2n) is 8.08. The van der Waals surface area contributed by atoms with Gasteiger partial charge >= 0.3 is 5.69 Å². The fourth-order valence-corrected chi connectivity index (χ4v) is 4.64. The zero-order valence-electron chi connectivity index (χ0n) is 15.4. The van der Waals surface area contributed by atoms with Crippen molar-refractivity contribution in [1.82, 2.24) is 9.13 Å². The summed E-state index contributed by atoms with van der Waals surface area (Å²) in [5.74, 6) is 1.68. The van der Waals surface area contributed by atoms with Gasteiger partial charge in [-0.3, -0.25) is 13.9 Å². The van der Waals surface area contributed by atoms with Crippen LogP contribution in [0.3, 0.4) is 0 Å². The molecule has 0 amide bonds. The number of nitrogen functional groups attached to an aromatic ring is 1. The largest absolute Gasteiger partial charge is 0.385 e. The van der Waals surface area contributed by atoms with Gasteiger partial charge in [0.15, 0.2) is 0 Å². The van der Waals surface area contributed by atoms with Gasteiger partial charge in [0.25, 0.3) is 5.56 Å². The number of nitrogens with zero attached hydrogens (tertiary/aromatic N) is 2. The van der Waals surface area contributed by atoms with Crippen LogP contribution in [-0.4, -0.2) is 9.13 Å². The molecule has 25 heavy (non-hydrogen) atoms. The number of hydrogen-bond acceptors (Lipinski definition) is 3. The molecule has 3 rings (SSSR count). The summed E-state index contributed by atoms with van der Waals surface area (Å²) < 4.78 is 3.03. The highest BCUT2D eigenvalue weighted by atomic mass is 16.2. The molecule has 2 fully saturated rings. The van der Waals surface area contributed by atoms with E-state index in [4.69, 9.17) is 5.73 Å². The molecule has 2 aliphatic carbocycles. The minimum Gasteiger partial charge on any atom is -0.385 e. The molecule has 0 atom stereocenters. The van der Waals surface area contributed by atoms with Gasteiger partial charge in [-0.15, -0.1) is 0 Å². The van der Waals surface area contributed by atoms with Crippen LogP contribution in [-0.2, 0) is 13.1 Å². The van der Waals surface area contributed by atoms with E-state index in [-0.39, 0.29) is 11.2 Å². The van der Waals surface area contributed by atoms with E-state index in [1.807, 2.05) is 0 Å². The number of nitrogens with two attached hydrogens (primary N) is 1. The highest BCUT2D eigenvalue weighted by molar-refractivity contribution is 5.26. The molecular weight excluding hydrogens is 314 g/mol. The summed E-state index contributed by atoms with van der Waals surface area (Å²) in [7, 11) is 0. The molecule has 1 aromatic heterocycles. The van der Waals surface area contributed by atoms with E-state index in [0.717, 1.165) is 12.8 Å². The van der Waals surface area contributed by atoms with Crippen LogP contribution < -0.4 is 17.0 Å². The first-order valence-corrected chi connectivity index (χ1v) is 10.3. The van der Waals surface area contributed by atoms with Crippen molar-refractivity contribution in [3.8, 4) is 0 Å². The van der Waals surface area contributed by atoms with Gasteiger partial charge in [0.1, 0.15) is 5.82 Å². The molecule has 2 N–H and O–H groups in total. The fourth-order valence-electron chi connectivity index (χ4n) is 4.64. The molecule has 0 spiro atoms. The average Bonchev–Trinajstić information content (AvgIpc) is 2.63. The highest BCUT2D eigenvalue weighted by Gasteiger charge is 2.17. The van der Waals surface area contributed by atoms with Gasteiger partial charge in [0, 0.05) is 19.2 Å². The van der Waals surface area contributed by atoms with E-state index in [9.17, 15) is 9.59 Å². The zero-order chi connectivity index (χ0) is 17.6. The van der Waals surface area contributed by atoms with E-state index in [2.05, 4.69) is 0 Å². The summed E-state index contributed by atoms with van der Waals surface area (Å²) in [6.07, 6.45) is 14.8. The van der Waals surface area contributed by atoms with Gasteiger partial charge in [-0.2, -0.15) is 0 Å². The van der Waals surface area contributed by atoms with Crippen LogP contribution >= 0.6 is 0 Å². The topological polar surface area (TPSA) is 70.0 Å². The van der Waals surface area contributed by atoms with Gasteiger partial charge in [0.05, 0.1) is 0 Å². The SMILES string of the molecule is Nc1cc(=O)n(CCC2CCCCC2)c(=O)n1CCC1CCCCC1. The maximum atomic E-state index is 12.8. The first-order valence-electron chi connectivity index (χ1n) is 10.3. The first kappa shape index (κ1) is 18.3. The second-order valence-corrected chi connectivity index (χ2v) is 8.08. The molecule has 0 radical (unpaired) electrons. The number of rotatable bonds is 6. The maximum Gasteiger partial charge on any atom is 0.332 e.